The summed E-state index contributed by atoms with van der Waals surface area (Å²) in [6.07, 6.45) is 8.46. The number of anilines is 1. The number of benzene rings is 1. The standard InChI is InChI=1S/C17H21N3/c18-13-2-1-3-14-15(13)20-16(19-14)17-7-10-4-11(8-17)6-12(5-10)9-17/h1-3,10-12H,4-9,18H2,(H,19,20). The van der Waals surface area contributed by atoms with Crippen molar-refractivity contribution in [2.45, 2.75) is 43.9 Å². The van der Waals surface area contributed by atoms with Crippen molar-refractivity contribution in [2.24, 2.45) is 17.8 Å². The van der Waals surface area contributed by atoms with E-state index in [9.17, 15) is 0 Å². The largest absolute Gasteiger partial charge is 0.397 e. The average Bonchev–Trinajstić information content (AvgIpc) is 2.83. The lowest BCUT2D eigenvalue weighted by Crippen LogP contribution is -2.49. The van der Waals surface area contributed by atoms with E-state index in [1.165, 1.54) is 44.3 Å². The topological polar surface area (TPSA) is 54.7 Å². The fourth-order valence-electron chi connectivity index (χ4n) is 5.71. The Morgan fingerprint density at radius 3 is 2.30 bits per heavy atom. The van der Waals surface area contributed by atoms with Crippen molar-refractivity contribution in [3.05, 3.63) is 24.0 Å². The van der Waals surface area contributed by atoms with Gasteiger partial charge < -0.3 is 10.7 Å². The fourth-order valence-corrected chi connectivity index (χ4v) is 5.71. The van der Waals surface area contributed by atoms with E-state index in [0.29, 0.717) is 5.41 Å². The summed E-state index contributed by atoms with van der Waals surface area (Å²) in [5.41, 5.74) is 9.29. The number of rotatable bonds is 1. The maximum absolute atomic E-state index is 6.08. The van der Waals surface area contributed by atoms with Crippen molar-refractivity contribution in [3.8, 4) is 0 Å². The van der Waals surface area contributed by atoms with Crippen molar-refractivity contribution < 1.29 is 0 Å². The third-order valence-electron chi connectivity index (χ3n) is 6.08. The van der Waals surface area contributed by atoms with Crippen LogP contribution in [0.15, 0.2) is 18.2 Å². The van der Waals surface area contributed by atoms with E-state index in [0.717, 1.165) is 34.5 Å². The van der Waals surface area contributed by atoms with Crippen LogP contribution in [0.1, 0.15) is 44.3 Å². The predicted molar refractivity (Wildman–Crippen MR) is 80.4 cm³/mol. The molecule has 0 atom stereocenters. The summed E-state index contributed by atoms with van der Waals surface area (Å²) in [7, 11) is 0. The molecule has 104 valence electrons. The van der Waals surface area contributed by atoms with E-state index in [-0.39, 0.29) is 0 Å². The van der Waals surface area contributed by atoms with Crippen LogP contribution >= 0.6 is 0 Å². The molecule has 1 heterocycles. The maximum Gasteiger partial charge on any atom is 0.113 e. The summed E-state index contributed by atoms with van der Waals surface area (Å²) >= 11 is 0. The van der Waals surface area contributed by atoms with Crippen LogP contribution in [0.4, 0.5) is 5.69 Å². The van der Waals surface area contributed by atoms with Gasteiger partial charge in [0.25, 0.3) is 0 Å². The van der Waals surface area contributed by atoms with Crippen LogP contribution in [0, 0.1) is 17.8 Å². The minimum atomic E-state index is 0.334. The average molecular weight is 267 g/mol. The minimum absolute atomic E-state index is 0.334. The molecule has 0 spiro atoms. The Morgan fingerprint density at radius 2 is 1.70 bits per heavy atom. The Labute approximate surface area is 119 Å². The number of nitrogen functional groups attached to an aromatic ring is 1. The van der Waals surface area contributed by atoms with E-state index >= 15 is 0 Å². The number of aromatic amines is 1. The molecule has 4 aliphatic carbocycles. The Kier molecular flexibility index (Phi) is 2.00. The second-order valence-corrected chi connectivity index (χ2v) is 7.53. The highest BCUT2D eigenvalue weighted by atomic mass is 15.0. The molecule has 0 unspecified atom stereocenters. The molecule has 0 amide bonds. The van der Waals surface area contributed by atoms with Crippen molar-refractivity contribution in [1.82, 2.24) is 9.97 Å². The van der Waals surface area contributed by atoms with E-state index in [2.05, 4.69) is 11.1 Å². The molecular formula is C17H21N3. The number of aromatic nitrogens is 2. The molecule has 4 bridgehead atoms. The van der Waals surface area contributed by atoms with E-state index in [4.69, 9.17) is 10.7 Å². The number of fused-ring (bicyclic) bond motifs is 1. The Morgan fingerprint density at radius 1 is 1.05 bits per heavy atom. The van der Waals surface area contributed by atoms with Gasteiger partial charge in [-0.15, -0.1) is 0 Å². The molecule has 1 aromatic carbocycles. The van der Waals surface area contributed by atoms with Gasteiger partial charge in [0.2, 0.25) is 0 Å². The first-order valence-electron chi connectivity index (χ1n) is 7.96. The number of nitrogens with two attached hydrogens (primary N) is 1. The summed E-state index contributed by atoms with van der Waals surface area (Å²) < 4.78 is 0. The van der Waals surface area contributed by atoms with Crippen molar-refractivity contribution in [2.75, 3.05) is 5.73 Å². The summed E-state index contributed by atoms with van der Waals surface area (Å²) in [5, 5.41) is 0. The number of para-hydroxylation sites is 1. The zero-order chi connectivity index (χ0) is 13.3. The SMILES string of the molecule is Nc1cccc2[nH]c(C34CC5CC(CC(C5)C3)C4)nc12. The van der Waals surface area contributed by atoms with Gasteiger partial charge in [0.15, 0.2) is 0 Å². The third kappa shape index (κ3) is 1.38. The van der Waals surface area contributed by atoms with Crippen LogP contribution in [-0.2, 0) is 5.41 Å². The van der Waals surface area contributed by atoms with Crippen LogP contribution in [0.25, 0.3) is 11.0 Å². The Balaban J connectivity index is 1.65. The van der Waals surface area contributed by atoms with Crippen LogP contribution in [0.5, 0.6) is 0 Å². The van der Waals surface area contributed by atoms with Gasteiger partial charge in [-0.1, -0.05) is 6.07 Å². The summed E-state index contributed by atoms with van der Waals surface area (Å²) in [6.45, 7) is 0. The number of imidazole rings is 1. The first-order chi connectivity index (χ1) is 9.72. The van der Waals surface area contributed by atoms with Gasteiger partial charge >= 0.3 is 0 Å². The van der Waals surface area contributed by atoms with E-state index < -0.39 is 0 Å². The predicted octanol–water partition coefficient (Wildman–Crippen LogP) is 3.61. The summed E-state index contributed by atoms with van der Waals surface area (Å²) in [5.74, 6) is 4.08. The molecule has 3 N–H and O–H groups in total. The maximum atomic E-state index is 6.08. The Hall–Kier alpha value is -1.51. The zero-order valence-corrected chi connectivity index (χ0v) is 11.7. The lowest BCUT2D eigenvalue weighted by molar-refractivity contribution is -0.00886. The van der Waals surface area contributed by atoms with Gasteiger partial charge in [0.05, 0.1) is 11.2 Å². The number of hydrogen-bond donors (Lipinski definition) is 2. The number of hydrogen-bond acceptors (Lipinski definition) is 2. The zero-order valence-electron chi connectivity index (χ0n) is 11.7. The van der Waals surface area contributed by atoms with Gasteiger partial charge in [-0.3, -0.25) is 0 Å². The van der Waals surface area contributed by atoms with Crippen LogP contribution in [0.2, 0.25) is 0 Å². The van der Waals surface area contributed by atoms with Crippen molar-refractivity contribution in [3.63, 3.8) is 0 Å². The molecule has 20 heavy (non-hydrogen) atoms. The van der Waals surface area contributed by atoms with Gasteiger partial charge in [-0.2, -0.15) is 0 Å². The number of nitrogens with one attached hydrogen (secondary N) is 1. The Bertz CT molecular complexity index is 649. The van der Waals surface area contributed by atoms with Gasteiger partial charge in [0, 0.05) is 5.41 Å². The van der Waals surface area contributed by atoms with E-state index in [1.54, 1.807) is 0 Å². The molecule has 6 rings (SSSR count). The monoisotopic (exact) mass is 267 g/mol. The second-order valence-electron chi connectivity index (χ2n) is 7.53. The molecule has 2 aromatic rings. The normalized spacial score (nSPS) is 38.7. The first kappa shape index (κ1) is 11.2. The molecule has 0 saturated heterocycles. The molecule has 3 nitrogen and oxygen atoms in total. The highest BCUT2D eigenvalue weighted by Gasteiger charge is 2.53. The fraction of sp³-hybridized carbons (Fsp3) is 0.588. The molecule has 1 aromatic heterocycles. The first-order valence-corrected chi connectivity index (χ1v) is 7.96. The molecule has 4 aliphatic rings. The van der Waals surface area contributed by atoms with E-state index in [1.807, 2.05) is 12.1 Å². The summed E-state index contributed by atoms with van der Waals surface area (Å²) in [6, 6.07) is 6.06. The van der Waals surface area contributed by atoms with Crippen molar-refractivity contribution >= 4 is 16.7 Å². The molecule has 0 aliphatic heterocycles. The van der Waals surface area contributed by atoms with Crippen LogP contribution in [-0.4, -0.2) is 9.97 Å². The third-order valence-corrected chi connectivity index (χ3v) is 6.08. The highest BCUT2D eigenvalue weighted by molar-refractivity contribution is 5.87. The van der Waals surface area contributed by atoms with Crippen LogP contribution in [0.3, 0.4) is 0 Å². The molecule has 0 radical (unpaired) electrons. The molecular weight excluding hydrogens is 246 g/mol. The molecule has 4 saturated carbocycles. The molecule has 4 fully saturated rings. The van der Waals surface area contributed by atoms with Gasteiger partial charge in [-0.25, -0.2) is 4.98 Å². The lowest BCUT2D eigenvalue weighted by atomic mass is 9.49. The second kappa shape index (κ2) is 3.57. The lowest BCUT2D eigenvalue weighted by Gasteiger charge is -2.55. The smallest absolute Gasteiger partial charge is 0.113 e. The van der Waals surface area contributed by atoms with Crippen LogP contribution < -0.4 is 5.73 Å². The number of nitrogens with zero attached hydrogens (tertiary/aromatic N) is 1. The molecule has 3 heteroatoms. The summed E-state index contributed by atoms with van der Waals surface area (Å²) in [4.78, 5) is 8.52. The highest BCUT2D eigenvalue weighted by Crippen LogP contribution is 2.60. The van der Waals surface area contributed by atoms with Gasteiger partial charge in [0.1, 0.15) is 11.3 Å². The quantitative estimate of drug-likeness (QED) is 0.775. The minimum Gasteiger partial charge on any atom is -0.397 e. The number of H-pyrrole nitrogens is 1. The van der Waals surface area contributed by atoms with Gasteiger partial charge in [-0.05, 0) is 68.4 Å². The van der Waals surface area contributed by atoms with Crippen molar-refractivity contribution in [1.29, 1.82) is 0 Å².